The second-order valence-corrected chi connectivity index (χ2v) is 7.49. The molecule has 138 valence electrons. The van der Waals surface area contributed by atoms with E-state index in [1.165, 1.54) is 5.56 Å². The molecule has 1 aromatic carbocycles. The number of nitrogens with zero attached hydrogens (tertiary/aromatic N) is 4. The zero-order valence-corrected chi connectivity index (χ0v) is 16.1. The first kappa shape index (κ1) is 18.4. The molecule has 1 fully saturated rings. The van der Waals surface area contributed by atoms with E-state index in [9.17, 15) is 4.79 Å². The van der Waals surface area contributed by atoms with E-state index < -0.39 is 0 Å². The van der Waals surface area contributed by atoms with Gasteiger partial charge in [-0.2, -0.15) is 5.10 Å². The number of hydrogen-bond donors (Lipinski definition) is 0. The van der Waals surface area contributed by atoms with Gasteiger partial charge in [0.1, 0.15) is 0 Å². The number of benzene rings is 1. The molecule has 2 aromatic rings. The monoisotopic (exact) mass is 352 g/mol. The van der Waals surface area contributed by atoms with Crippen molar-refractivity contribution in [1.29, 1.82) is 0 Å². The van der Waals surface area contributed by atoms with Gasteiger partial charge in [0.15, 0.2) is 5.82 Å². The van der Waals surface area contributed by atoms with Crippen LogP contribution in [-0.4, -0.2) is 46.7 Å². The lowest BCUT2D eigenvalue weighted by atomic mass is 10.0. The number of carbonyl (C=O) groups excluding carboxylic acids is 1. The molecule has 0 radical (unpaired) electrons. The fraction of sp³-hybridized carbons (Fsp3) is 0.476. The fourth-order valence-corrected chi connectivity index (χ4v) is 3.38. The Hall–Kier alpha value is -2.43. The Morgan fingerprint density at radius 2 is 1.85 bits per heavy atom. The summed E-state index contributed by atoms with van der Waals surface area (Å²) in [5.74, 6) is 1.60. The van der Waals surface area contributed by atoms with E-state index in [-0.39, 0.29) is 11.9 Å². The number of aromatic nitrogens is 2. The van der Waals surface area contributed by atoms with E-state index in [1.807, 2.05) is 24.0 Å². The van der Waals surface area contributed by atoms with Gasteiger partial charge in [-0.05, 0) is 43.0 Å². The quantitative estimate of drug-likeness (QED) is 0.848. The zero-order valence-electron chi connectivity index (χ0n) is 16.1. The third-order valence-electron chi connectivity index (χ3n) is 5.06. The molecule has 1 aliphatic rings. The van der Waals surface area contributed by atoms with Crippen LogP contribution >= 0.6 is 0 Å². The van der Waals surface area contributed by atoms with Crippen molar-refractivity contribution in [3.05, 3.63) is 53.2 Å². The van der Waals surface area contributed by atoms with Crippen LogP contribution in [0.4, 0.5) is 5.82 Å². The van der Waals surface area contributed by atoms with Crippen LogP contribution in [0.15, 0.2) is 36.4 Å². The van der Waals surface area contributed by atoms with Crippen LogP contribution in [0.3, 0.4) is 0 Å². The van der Waals surface area contributed by atoms with E-state index in [4.69, 9.17) is 0 Å². The third kappa shape index (κ3) is 4.21. The van der Waals surface area contributed by atoms with Gasteiger partial charge >= 0.3 is 0 Å². The largest absolute Gasteiger partial charge is 0.349 e. The van der Waals surface area contributed by atoms with Gasteiger partial charge in [-0.25, -0.2) is 0 Å². The molecule has 1 saturated heterocycles. The van der Waals surface area contributed by atoms with Gasteiger partial charge in [0.2, 0.25) is 5.91 Å². The number of carbonyl (C=O) groups is 1. The van der Waals surface area contributed by atoms with Gasteiger partial charge in [-0.15, -0.1) is 5.10 Å². The van der Waals surface area contributed by atoms with Crippen molar-refractivity contribution in [2.75, 3.05) is 24.5 Å². The lowest BCUT2D eigenvalue weighted by molar-refractivity contribution is -0.131. The van der Waals surface area contributed by atoms with Crippen LogP contribution in [0.1, 0.15) is 43.5 Å². The number of aryl methyl sites for hydroxylation is 1. The van der Waals surface area contributed by atoms with E-state index in [1.54, 1.807) is 0 Å². The summed E-state index contributed by atoms with van der Waals surface area (Å²) in [6.07, 6.45) is 0.468. The molecule has 5 nitrogen and oxygen atoms in total. The number of rotatable bonds is 4. The van der Waals surface area contributed by atoms with Crippen LogP contribution in [0.2, 0.25) is 0 Å². The zero-order chi connectivity index (χ0) is 18.7. The first-order valence-electron chi connectivity index (χ1n) is 9.37. The molecule has 2 heterocycles. The second kappa shape index (κ2) is 7.85. The Balaban J connectivity index is 1.59. The number of hydrogen-bond acceptors (Lipinski definition) is 4. The minimum Gasteiger partial charge on any atom is -0.349 e. The molecule has 1 atom stereocenters. The lowest BCUT2D eigenvalue weighted by Crippen LogP contribution is -2.54. The standard InChI is InChI=1S/C21H28N4O/c1-15(2)19-8-6-18(7-9-19)13-21(26)24-11-12-25(17(4)14-24)20-10-5-16(3)22-23-20/h5-10,15,17H,11-14H2,1-4H3/t17-/m1/s1. The summed E-state index contributed by atoms with van der Waals surface area (Å²) in [7, 11) is 0. The average molecular weight is 352 g/mol. The van der Waals surface area contributed by atoms with E-state index in [2.05, 4.69) is 60.1 Å². The van der Waals surface area contributed by atoms with Crippen LogP contribution in [0.25, 0.3) is 0 Å². The lowest BCUT2D eigenvalue weighted by Gasteiger charge is -2.40. The summed E-state index contributed by atoms with van der Waals surface area (Å²) in [4.78, 5) is 16.9. The van der Waals surface area contributed by atoms with Gasteiger partial charge in [-0.3, -0.25) is 4.79 Å². The Bertz CT molecular complexity index is 740. The summed E-state index contributed by atoms with van der Waals surface area (Å²) in [5, 5.41) is 8.43. The molecule has 1 aromatic heterocycles. The number of amides is 1. The molecule has 1 aliphatic heterocycles. The van der Waals surface area contributed by atoms with Crippen LogP contribution in [0.5, 0.6) is 0 Å². The highest BCUT2D eigenvalue weighted by Gasteiger charge is 2.27. The summed E-state index contributed by atoms with van der Waals surface area (Å²) in [6.45, 7) is 10.7. The number of anilines is 1. The van der Waals surface area contributed by atoms with Crippen molar-refractivity contribution in [2.24, 2.45) is 0 Å². The van der Waals surface area contributed by atoms with Crippen LogP contribution in [-0.2, 0) is 11.2 Å². The predicted molar refractivity (Wildman–Crippen MR) is 104 cm³/mol. The van der Waals surface area contributed by atoms with Crippen molar-refractivity contribution >= 4 is 11.7 Å². The highest BCUT2D eigenvalue weighted by Crippen LogP contribution is 2.19. The highest BCUT2D eigenvalue weighted by molar-refractivity contribution is 5.79. The molecule has 3 rings (SSSR count). The normalized spacial score (nSPS) is 17.7. The Morgan fingerprint density at radius 1 is 1.12 bits per heavy atom. The van der Waals surface area contributed by atoms with Gasteiger partial charge in [0, 0.05) is 25.7 Å². The van der Waals surface area contributed by atoms with Crippen molar-refractivity contribution < 1.29 is 4.79 Å². The summed E-state index contributed by atoms with van der Waals surface area (Å²) < 4.78 is 0. The highest BCUT2D eigenvalue weighted by atomic mass is 16.2. The molecule has 0 N–H and O–H groups in total. The fourth-order valence-electron chi connectivity index (χ4n) is 3.38. The Kier molecular flexibility index (Phi) is 5.55. The predicted octanol–water partition coefficient (Wildman–Crippen LogP) is 3.19. The first-order chi connectivity index (χ1) is 12.4. The molecular formula is C21H28N4O. The van der Waals surface area contributed by atoms with Crippen LogP contribution < -0.4 is 4.90 Å². The second-order valence-electron chi connectivity index (χ2n) is 7.49. The maximum atomic E-state index is 12.7. The SMILES string of the molecule is Cc1ccc(N2CCN(C(=O)Cc3ccc(C(C)C)cc3)C[C@H]2C)nn1. The van der Waals surface area contributed by atoms with Gasteiger partial charge in [0.05, 0.1) is 12.1 Å². The van der Waals surface area contributed by atoms with Gasteiger partial charge in [-0.1, -0.05) is 38.1 Å². The van der Waals surface area contributed by atoms with Crippen molar-refractivity contribution in [3.8, 4) is 0 Å². The summed E-state index contributed by atoms with van der Waals surface area (Å²) in [5.41, 5.74) is 3.31. The minimum atomic E-state index is 0.198. The van der Waals surface area contributed by atoms with Crippen molar-refractivity contribution in [3.63, 3.8) is 0 Å². The maximum absolute atomic E-state index is 12.7. The topological polar surface area (TPSA) is 49.3 Å². The first-order valence-corrected chi connectivity index (χ1v) is 9.37. The molecule has 26 heavy (non-hydrogen) atoms. The average Bonchev–Trinajstić information content (AvgIpc) is 2.63. The summed E-state index contributed by atoms with van der Waals surface area (Å²) >= 11 is 0. The van der Waals surface area contributed by atoms with Crippen molar-refractivity contribution in [1.82, 2.24) is 15.1 Å². The molecule has 0 saturated carbocycles. The van der Waals surface area contributed by atoms with Gasteiger partial charge in [0.25, 0.3) is 0 Å². The molecule has 5 heteroatoms. The third-order valence-corrected chi connectivity index (χ3v) is 5.06. The maximum Gasteiger partial charge on any atom is 0.227 e. The molecule has 0 bridgehead atoms. The van der Waals surface area contributed by atoms with E-state index in [0.717, 1.165) is 36.7 Å². The molecule has 0 unspecified atom stereocenters. The summed E-state index contributed by atoms with van der Waals surface area (Å²) in [6, 6.07) is 12.6. The van der Waals surface area contributed by atoms with Gasteiger partial charge < -0.3 is 9.80 Å². The Morgan fingerprint density at radius 3 is 2.42 bits per heavy atom. The Labute approximate surface area is 156 Å². The number of piperazine rings is 1. The van der Waals surface area contributed by atoms with E-state index in [0.29, 0.717) is 12.3 Å². The van der Waals surface area contributed by atoms with Crippen molar-refractivity contribution in [2.45, 2.75) is 46.1 Å². The molecule has 0 aliphatic carbocycles. The smallest absolute Gasteiger partial charge is 0.227 e. The molecule has 0 spiro atoms. The minimum absolute atomic E-state index is 0.198. The molecule has 1 amide bonds. The van der Waals surface area contributed by atoms with Crippen LogP contribution in [0, 0.1) is 6.92 Å². The van der Waals surface area contributed by atoms with E-state index >= 15 is 0 Å². The molecular weight excluding hydrogens is 324 g/mol.